The summed E-state index contributed by atoms with van der Waals surface area (Å²) >= 11 is 0. The van der Waals surface area contributed by atoms with E-state index in [0.717, 1.165) is 49.6 Å². The van der Waals surface area contributed by atoms with Crippen molar-refractivity contribution in [3.05, 3.63) is 11.8 Å². The Kier molecular flexibility index (Phi) is 3.58. The maximum Gasteiger partial charge on any atom is 0.227 e. The van der Waals surface area contributed by atoms with E-state index in [-0.39, 0.29) is 0 Å². The van der Waals surface area contributed by atoms with Gasteiger partial charge in [-0.1, -0.05) is 6.92 Å². The van der Waals surface area contributed by atoms with Crippen molar-refractivity contribution in [1.82, 2.24) is 9.97 Å². The van der Waals surface area contributed by atoms with Gasteiger partial charge in [0.25, 0.3) is 0 Å². The molecule has 4 nitrogen and oxygen atoms in total. The van der Waals surface area contributed by atoms with Crippen LogP contribution in [-0.4, -0.2) is 36.1 Å². The minimum atomic E-state index is 0.777. The SMILES string of the molecule is Cc1cc(N2CCCC(C)C2)nc(N2CCCC2)n1. The number of aromatic nitrogens is 2. The van der Waals surface area contributed by atoms with Crippen molar-refractivity contribution < 1.29 is 0 Å². The Morgan fingerprint density at radius 3 is 2.53 bits per heavy atom. The summed E-state index contributed by atoms with van der Waals surface area (Å²) in [6, 6.07) is 2.14. The van der Waals surface area contributed by atoms with E-state index in [9.17, 15) is 0 Å². The molecule has 0 radical (unpaired) electrons. The first-order valence-electron chi connectivity index (χ1n) is 7.58. The molecule has 1 atom stereocenters. The number of rotatable bonds is 2. The van der Waals surface area contributed by atoms with Gasteiger partial charge in [0.1, 0.15) is 5.82 Å². The molecule has 104 valence electrons. The van der Waals surface area contributed by atoms with Crippen LogP contribution in [0.25, 0.3) is 0 Å². The third kappa shape index (κ3) is 2.82. The Morgan fingerprint density at radius 1 is 1.05 bits per heavy atom. The van der Waals surface area contributed by atoms with Gasteiger partial charge >= 0.3 is 0 Å². The topological polar surface area (TPSA) is 32.3 Å². The Hall–Kier alpha value is -1.32. The van der Waals surface area contributed by atoms with Crippen molar-refractivity contribution in [2.75, 3.05) is 36.0 Å². The molecule has 19 heavy (non-hydrogen) atoms. The highest BCUT2D eigenvalue weighted by atomic mass is 15.3. The minimum Gasteiger partial charge on any atom is -0.356 e. The summed E-state index contributed by atoms with van der Waals surface area (Å²) in [6.45, 7) is 8.91. The summed E-state index contributed by atoms with van der Waals surface area (Å²) in [5, 5.41) is 0. The smallest absolute Gasteiger partial charge is 0.227 e. The predicted octanol–water partition coefficient (Wildman–Crippen LogP) is 2.62. The number of hydrogen-bond acceptors (Lipinski definition) is 4. The van der Waals surface area contributed by atoms with Crippen LogP contribution in [0.2, 0.25) is 0 Å². The van der Waals surface area contributed by atoms with E-state index in [2.05, 4.69) is 34.7 Å². The fourth-order valence-corrected chi connectivity index (χ4v) is 3.15. The van der Waals surface area contributed by atoms with Crippen molar-refractivity contribution in [2.24, 2.45) is 5.92 Å². The third-order valence-electron chi connectivity index (χ3n) is 4.20. The van der Waals surface area contributed by atoms with E-state index < -0.39 is 0 Å². The van der Waals surface area contributed by atoms with Crippen LogP contribution in [0.5, 0.6) is 0 Å². The first-order chi connectivity index (χ1) is 9.22. The Bertz CT molecular complexity index is 440. The molecule has 3 heterocycles. The molecule has 0 N–H and O–H groups in total. The van der Waals surface area contributed by atoms with Crippen molar-refractivity contribution in [2.45, 2.75) is 39.5 Å². The van der Waals surface area contributed by atoms with Crippen molar-refractivity contribution in [3.63, 3.8) is 0 Å². The molecule has 0 aromatic carbocycles. The zero-order chi connectivity index (χ0) is 13.2. The molecule has 1 unspecified atom stereocenters. The zero-order valence-corrected chi connectivity index (χ0v) is 12.1. The van der Waals surface area contributed by atoms with E-state index in [1.54, 1.807) is 0 Å². The van der Waals surface area contributed by atoms with E-state index in [0.29, 0.717) is 0 Å². The first kappa shape index (κ1) is 12.7. The maximum atomic E-state index is 4.81. The van der Waals surface area contributed by atoms with Crippen LogP contribution in [0.15, 0.2) is 6.07 Å². The lowest BCUT2D eigenvalue weighted by Gasteiger charge is -2.32. The van der Waals surface area contributed by atoms with Crippen LogP contribution >= 0.6 is 0 Å². The highest BCUT2D eigenvalue weighted by Gasteiger charge is 2.21. The molecule has 1 aromatic rings. The van der Waals surface area contributed by atoms with Crippen LogP contribution in [0.1, 0.15) is 38.3 Å². The van der Waals surface area contributed by atoms with Gasteiger partial charge < -0.3 is 9.80 Å². The monoisotopic (exact) mass is 260 g/mol. The van der Waals surface area contributed by atoms with Gasteiger partial charge in [0.05, 0.1) is 0 Å². The molecule has 2 aliphatic rings. The Balaban J connectivity index is 1.84. The lowest BCUT2D eigenvalue weighted by molar-refractivity contribution is 0.444. The normalized spacial score (nSPS) is 24.0. The second-order valence-corrected chi connectivity index (χ2v) is 6.06. The molecular weight excluding hydrogens is 236 g/mol. The number of anilines is 2. The second-order valence-electron chi connectivity index (χ2n) is 6.06. The maximum absolute atomic E-state index is 4.81. The summed E-state index contributed by atoms with van der Waals surface area (Å²) in [4.78, 5) is 14.2. The summed E-state index contributed by atoms with van der Waals surface area (Å²) in [5.41, 5.74) is 1.09. The van der Waals surface area contributed by atoms with Crippen LogP contribution < -0.4 is 9.80 Å². The van der Waals surface area contributed by atoms with Gasteiger partial charge in [0, 0.05) is 37.9 Å². The third-order valence-corrected chi connectivity index (χ3v) is 4.20. The highest BCUT2D eigenvalue weighted by Crippen LogP contribution is 2.24. The predicted molar refractivity (Wildman–Crippen MR) is 78.8 cm³/mol. The van der Waals surface area contributed by atoms with Gasteiger partial charge in [-0.05, 0) is 38.5 Å². The van der Waals surface area contributed by atoms with Gasteiger partial charge in [-0.15, -0.1) is 0 Å². The second kappa shape index (κ2) is 5.35. The number of piperidine rings is 1. The summed E-state index contributed by atoms with van der Waals surface area (Å²) in [5.74, 6) is 2.84. The van der Waals surface area contributed by atoms with Gasteiger partial charge in [0.15, 0.2) is 0 Å². The van der Waals surface area contributed by atoms with Crippen molar-refractivity contribution >= 4 is 11.8 Å². The highest BCUT2D eigenvalue weighted by molar-refractivity contribution is 5.46. The average molecular weight is 260 g/mol. The summed E-state index contributed by atoms with van der Waals surface area (Å²) < 4.78 is 0. The van der Waals surface area contributed by atoms with E-state index in [1.165, 1.54) is 25.7 Å². The molecule has 0 amide bonds. The zero-order valence-electron chi connectivity index (χ0n) is 12.1. The molecule has 4 heteroatoms. The molecule has 0 spiro atoms. The first-order valence-corrected chi connectivity index (χ1v) is 7.58. The Labute approximate surface area is 115 Å². The van der Waals surface area contributed by atoms with Crippen molar-refractivity contribution in [1.29, 1.82) is 0 Å². The molecule has 2 aliphatic heterocycles. The molecule has 0 bridgehead atoms. The molecule has 2 saturated heterocycles. The van der Waals surface area contributed by atoms with Gasteiger partial charge in [0.2, 0.25) is 5.95 Å². The summed E-state index contributed by atoms with van der Waals surface area (Å²) in [6.07, 6.45) is 5.17. The van der Waals surface area contributed by atoms with Crippen LogP contribution in [0.3, 0.4) is 0 Å². The molecule has 0 aliphatic carbocycles. The number of aryl methyl sites for hydroxylation is 1. The lowest BCUT2D eigenvalue weighted by atomic mass is 10.0. The number of nitrogens with zero attached hydrogens (tertiary/aromatic N) is 4. The van der Waals surface area contributed by atoms with E-state index >= 15 is 0 Å². The quantitative estimate of drug-likeness (QED) is 0.818. The fourth-order valence-electron chi connectivity index (χ4n) is 3.15. The molecule has 1 aromatic heterocycles. The Morgan fingerprint density at radius 2 is 1.79 bits per heavy atom. The molecule has 2 fully saturated rings. The number of hydrogen-bond donors (Lipinski definition) is 0. The van der Waals surface area contributed by atoms with E-state index in [1.807, 2.05) is 0 Å². The standard InChI is InChI=1S/C15H24N4/c1-12-6-5-9-19(11-12)14-10-13(2)16-15(17-14)18-7-3-4-8-18/h10,12H,3-9,11H2,1-2H3. The average Bonchev–Trinajstić information content (AvgIpc) is 2.92. The summed E-state index contributed by atoms with van der Waals surface area (Å²) in [7, 11) is 0. The largest absolute Gasteiger partial charge is 0.356 e. The minimum absolute atomic E-state index is 0.777. The van der Waals surface area contributed by atoms with Crippen LogP contribution in [0, 0.1) is 12.8 Å². The van der Waals surface area contributed by atoms with Crippen LogP contribution in [-0.2, 0) is 0 Å². The molecular formula is C15H24N4. The van der Waals surface area contributed by atoms with Crippen molar-refractivity contribution in [3.8, 4) is 0 Å². The molecule has 0 saturated carbocycles. The van der Waals surface area contributed by atoms with Gasteiger partial charge in [-0.2, -0.15) is 4.98 Å². The van der Waals surface area contributed by atoms with Gasteiger partial charge in [-0.25, -0.2) is 4.98 Å². The fraction of sp³-hybridized carbons (Fsp3) is 0.733. The lowest BCUT2D eigenvalue weighted by Crippen LogP contribution is -2.35. The van der Waals surface area contributed by atoms with Crippen LogP contribution in [0.4, 0.5) is 11.8 Å². The van der Waals surface area contributed by atoms with E-state index in [4.69, 9.17) is 4.98 Å². The molecule has 3 rings (SSSR count). The van der Waals surface area contributed by atoms with Gasteiger partial charge in [-0.3, -0.25) is 0 Å².